The van der Waals surface area contributed by atoms with Gasteiger partial charge in [-0.2, -0.15) is 0 Å². The van der Waals surface area contributed by atoms with E-state index in [4.69, 9.17) is 11.6 Å². The molecule has 0 unspecified atom stereocenters. The summed E-state index contributed by atoms with van der Waals surface area (Å²) in [6, 6.07) is 2.97. The summed E-state index contributed by atoms with van der Waals surface area (Å²) in [7, 11) is 0. The Morgan fingerprint density at radius 2 is 2.08 bits per heavy atom. The number of aromatic hydroxyl groups is 1. The standard InChI is InChI=1S/C9H9ClO2/c1-5-8(10)3-7(6(2)11)4-9(5)12/h3-4,12H,1-2H3. The number of Topliss-reactive ketones (excluding diaryl/α,β-unsaturated/α-hetero) is 1. The summed E-state index contributed by atoms with van der Waals surface area (Å²) in [6.07, 6.45) is 0. The number of carbonyl (C=O) groups is 1. The van der Waals surface area contributed by atoms with Gasteiger partial charge in [0.05, 0.1) is 0 Å². The van der Waals surface area contributed by atoms with Crippen LogP contribution in [-0.2, 0) is 0 Å². The predicted octanol–water partition coefficient (Wildman–Crippen LogP) is 2.56. The second-order valence-corrected chi connectivity index (χ2v) is 3.07. The van der Waals surface area contributed by atoms with Crippen molar-refractivity contribution in [3.05, 3.63) is 28.3 Å². The zero-order chi connectivity index (χ0) is 9.30. The minimum absolute atomic E-state index is 0.0627. The van der Waals surface area contributed by atoms with Crippen LogP contribution in [0.3, 0.4) is 0 Å². The summed E-state index contributed by atoms with van der Waals surface area (Å²) in [4.78, 5) is 10.9. The molecule has 0 aliphatic carbocycles. The summed E-state index contributed by atoms with van der Waals surface area (Å²) in [6.45, 7) is 3.13. The minimum Gasteiger partial charge on any atom is -0.508 e. The van der Waals surface area contributed by atoms with Gasteiger partial charge in [-0.05, 0) is 26.0 Å². The van der Waals surface area contributed by atoms with E-state index < -0.39 is 0 Å². The van der Waals surface area contributed by atoms with Crippen molar-refractivity contribution in [2.75, 3.05) is 0 Å². The molecule has 12 heavy (non-hydrogen) atoms. The molecule has 0 amide bonds. The van der Waals surface area contributed by atoms with Gasteiger partial charge >= 0.3 is 0 Å². The van der Waals surface area contributed by atoms with Crippen LogP contribution in [0.1, 0.15) is 22.8 Å². The number of rotatable bonds is 1. The largest absolute Gasteiger partial charge is 0.508 e. The number of hydrogen-bond donors (Lipinski definition) is 1. The van der Waals surface area contributed by atoms with Gasteiger partial charge in [-0.25, -0.2) is 0 Å². The highest BCUT2D eigenvalue weighted by molar-refractivity contribution is 6.32. The molecule has 0 bridgehead atoms. The fraction of sp³-hybridized carbons (Fsp3) is 0.222. The molecule has 0 aromatic heterocycles. The van der Waals surface area contributed by atoms with E-state index in [1.165, 1.54) is 13.0 Å². The van der Waals surface area contributed by atoms with Crippen molar-refractivity contribution in [3.63, 3.8) is 0 Å². The molecule has 0 saturated heterocycles. The van der Waals surface area contributed by atoms with E-state index >= 15 is 0 Å². The average molecular weight is 185 g/mol. The van der Waals surface area contributed by atoms with Crippen molar-refractivity contribution in [1.29, 1.82) is 0 Å². The highest BCUT2D eigenvalue weighted by Gasteiger charge is 2.06. The number of hydrogen-bond acceptors (Lipinski definition) is 2. The van der Waals surface area contributed by atoms with Gasteiger partial charge in [0, 0.05) is 16.1 Å². The molecule has 3 heteroatoms. The first-order chi connectivity index (χ1) is 5.52. The van der Waals surface area contributed by atoms with Crippen molar-refractivity contribution in [2.24, 2.45) is 0 Å². The minimum atomic E-state index is -0.104. The highest BCUT2D eigenvalue weighted by Crippen LogP contribution is 2.26. The van der Waals surface area contributed by atoms with Crippen LogP contribution in [0.15, 0.2) is 12.1 Å². The molecule has 1 aromatic carbocycles. The Kier molecular flexibility index (Phi) is 2.38. The van der Waals surface area contributed by atoms with Crippen molar-refractivity contribution >= 4 is 17.4 Å². The number of ketones is 1. The Labute approximate surface area is 75.8 Å². The lowest BCUT2D eigenvalue weighted by molar-refractivity contribution is 0.101. The van der Waals surface area contributed by atoms with Gasteiger partial charge in [-0.1, -0.05) is 11.6 Å². The molecule has 64 valence electrons. The summed E-state index contributed by atoms with van der Waals surface area (Å²) < 4.78 is 0. The van der Waals surface area contributed by atoms with Crippen molar-refractivity contribution < 1.29 is 9.90 Å². The lowest BCUT2D eigenvalue weighted by Crippen LogP contribution is -1.92. The zero-order valence-electron chi connectivity index (χ0n) is 6.89. The molecule has 2 nitrogen and oxygen atoms in total. The van der Waals surface area contributed by atoms with Crippen molar-refractivity contribution in [3.8, 4) is 5.75 Å². The van der Waals surface area contributed by atoms with Gasteiger partial charge in [0.15, 0.2) is 5.78 Å². The quantitative estimate of drug-likeness (QED) is 0.682. The molecule has 0 spiro atoms. The van der Waals surface area contributed by atoms with E-state index in [-0.39, 0.29) is 11.5 Å². The topological polar surface area (TPSA) is 37.3 Å². The lowest BCUT2D eigenvalue weighted by Gasteiger charge is -2.03. The molecule has 0 saturated carbocycles. The molecule has 1 aromatic rings. The number of benzene rings is 1. The Bertz CT molecular complexity index is 308. The summed E-state index contributed by atoms with van der Waals surface area (Å²) in [5.41, 5.74) is 1.03. The number of phenols is 1. The maximum Gasteiger partial charge on any atom is 0.159 e. The van der Waals surface area contributed by atoms with Crippen LogP contribution in [-0.4, -0.2) is 10.9 Å². The molecule has 0 aliphatic rings. The Balaban J connectivity index is 3.31. The Morgan fingerprint density at radius 3 is 2.50 bits per heavy atom. The molecule has 0 atom stereocenters. The van der Waals surface area contributed by atoms with Crippen LogP contribution >= 0.6 is 11.6 Å². The number of halogens is 1. The first-order valence-corrected chi connectivity index (χ1v) is 3.90. The third kappa shape index (κ3) is 1.59. The number of phenolic OH excluding ortho intramolecular Hbond substituents is 1. The molecule has 0 radical (unpaired) electrons. The highest BCUT2D eigenvalue weighted by atomic mass is 35.5. The van der Waals surface area contributed by atoms with E-state index in [0.29, 0.717) is 16.1 Å². The summed E-state index contributed by atoms with van der Waals surface area (Å²) in [5, 5.41) is 9.71. The van der Waals surface area contributed by atoms with Crippen LogP contribution < -0.4 is 0 Å². The van der Waals surface area contributed by atoms with Crippen molar-refractivity contribution in [1.82, 2.24) is 0 Å². The van der Waals surface area contributed by atoms with E-state index in [9.17, 15) is 9.90 Å². The smallest absolute Gasteiger partial charge is 0.159 e. The normalized spacial score (nSPS) is 9.92. The van der Waals surface area contributed by atoms with Crippen LogP contribution in [0.25, 0.3) is 0 Å². The monoisotopic (exact) mass is 184 g/mol. The van der Waals surface area contributed by atoms with Gasteiger partial charge in [0.25, 0.3) is 0 Å². The SMILES string of the molecule is CC(=O)c1cc(O)c(C)c(Cl)c1. The molecule has 0 heterocycles. The fourth-order valence-electron chi connectivity index (χ4n) is 0.868. The Hall–Kier alpha value is -1.02. The molecule has 0 aliphatic heterocycles. The fourth-order valence-corrected chi connectivity index (χ4v) is 1.08. The lowest BCUT2D eigenvalue weighted by atomic mass is 10.1. The molecular weight excluding hydrogens is 176 g/mol. The van der Waals surface area contributed by atoms with E-state index in [1.807, 2.05) is 0 Å². The van der Waals surface area contributed by atoms with Crippen LogP contribution in [0.2, 0.25) is 5.02 Å². The number of carbonyl (C=O) groups excluding carboxylic acids is 1. The average Bonchev–Trinajstić information content (AvgIpc) is 1.99. The van der Waals surface area contributed by atoms with Gasteiger partial charge in [-0.15, -0.1) is 0 Å². The molecular formula is C9H9ClO2. The van der Waals surface area contributed by atoms with E-state index in [0.717, 1.165) is 0 Å². The van der Waals surface area contributed by atoms with Gasteiger partial charge in [-0.3, -0.25) is 4.79 Å². The van der Waals surface area contributed by atoms with Crippen LogP contribution in [0, 0.1) is 6.92 Å². The van der Waals surface area contributed by atoms with E-state index in [2.05, 4.69) is 0 Å². The Morgan fingerprint density at radius 1 is 1.50 bits per heavy atom. The molecule has 1 rings (SSSR count). The third-order valence-corrected chi connectivity index (χ3v) is 2.12. The first kappa shape index (κ1) is 9.07. The van der Waals surface area contributed by atoms with Gasteiger partial charge in [0.2, 0.25) is 0 Å². The maximum absolute atomic E-state index is 10.9. The van der Waals surface area contributed by atoms with Gasteiger partial charge in [0.1, 0.15) is 5.75 Å². The van der Waals surface area contributed by atoms with Crippen molar-refractivity contribution in [2.45, 2.75) is 13.8 Å². The third-order valence-electron chi connectivity index (χ3n) is 1.72. The summed E-state index contributed by atoms with van der Waals surface area (Å²) in [5.74, 6) is -0.0418. The van der Waals surface area contributed by atoms with Gasteiger partial charge < -0.3 is 5.11 Å². The predicted molar refractivity (Wildman–Crippen MR) is 47.9 cm³/mol. The maximum atomic E-state index is 10.9. The molecule has 0 fully saturated rings. The van der Waals surface area contributed by atoms with Crippen LogP contribution in [0.5, 0.6) is 5.75 Å². The zero-order valence-corrected chi connectivity index (χ0v) is 7.64. The summed E-state index contributed by atoms with van der Waals surface area (Å²) >= 11 is 5.75. The van der Waals surface area contributed by atoms with E-state index in [1.54, 1.807) is 13.0 Å². The first-order valence-electron chi connectivity index (χ1n) is 3.52. The second kappa shape index (κ2) is 3.15. The second-order valence-electron chi connectivity index (χ2n) is 2.66. The molecule has 1 N–H and O–H groups in total. The van der Waals surface area contributed by atoms with Crippen LogP contribution in [0.4, 0.5) is 0 Å².